The Bertz CT molecular complexity index is 2570. The number of hydrogen-bond donors (Lipinski definition) is 0. The van der Waals surface area contributed by atoms with Crippen molar-refractivity contribution in [1.82, 2.24) is 14.9 Å². The number of methoxy groups -OCH3 is 2. The fourth-order valence-corrected chi connectivity index (χ4v) is 7.04. The van der Waals surface area contributed by atoms with E-state index in [9.17, 15) is 52.7 Å². The van der Waals surface area contributed by atoms with E-state index >= 15 is 35.1 Å². The van der Waals surface area contributed by atoms with Crippen LogP contribution in [0.2, 0.25) is 0 Å². The molecule has 0 unspecified atom stereocenters. The van der Waals surface area contributed by atoms with E-state index in [0.717, 1.165) is 48.8 Å². The van der Waals surface area contributed by atoms with Crippen molar-refractivity contribution in [2.45, 2.75) is 19.8 Å². The van der Waals surface area contributed by atoms with Crippen LogP contribution in [0.3, 0.4) is 0 Å². The van der Waals surface area contributed by atoms with E-state index in [0.29, 0.717) is 0 Å². The van der Waals surface area contributed by atoms with Gasteiger partial charge in [-0.1, -0.05) is 0 Å². The molecule has 0 N–H and O–H groups in total. The minimum atomic E-state index is -7.22. The molecule has 0 saturated carbocycles. The van der Waals surface area contributed by atoms with Gasteiger partial charge >= 0.3 is 17.1 Å². The van der Waals surface area contributed by atoms with Crippen molar-refractivity contribution in [3.63, 3.8) is 0 Å². The Balaban J connectivity index is 0.000000428. The number of nitriles is 1. The molecule has 6 aromatic rings. The summed E-state index contributed by atoms with van der Waals surface area (Å²) in [5.41, 5.74) is -12.2. The zero-order valence-electron chi connectivity index (χ0n) is 35.8. The molecular formula is C43H26BCuF20N4O2+. The van der Waals surface area contributed by atoms with Crippen molar-refractivity contribution in [2.24, 2.45) is 0 Å². The Morgan fingerprint density at radius 3 is 0.831 bits per heavy atom. The summed E-state index contributed by atoms with van der Waals surface area (Å²) in [7, 11) is 5.46. The summed E-state index contributed by atoms with van der Waals surface area (Å²) < 4.78 is 304. The number of hydrogen-bond acceptors (Lipinski definition) is 6. The summed E-state index contributed by atoms with van der Waals surface area (Å²) >= 11 is 0. The average Bonchev–Trinajstić information content (AvgIpc) is 3.35. The van der Waals surface area contributed by atoms with Crippen LogP contribution in [0.1, 0.15) is 18.3 Å². The van der Waals surface area contributed by atoms with E-state index in [2.05, 4.69) is 21.9 Å². The molecule has 1 radical (unpaired) electrons. The standard InChI is InChI=1S/C24BF20.C17H23N3O2.C2H3N.Cu/c26-5-1(6(27)14(35)21(42)13(5)34)25(2-7(28)15(36)22(43)16(37)8(2)29,3-9(30)17(38)23(44)18(39)10(3)31)4-11(32)19(40)24(45)20(41)12(4)33;1-20(10-6-14-12-16(21-2)4-8-18-14)11-7-15-13-17(22-3)5-9-19-15;1-2-3;/h;4-5,8-9,12-13H,6-7,10-11H2,1-3H3;1H3;/q-1;;;+2. The fraction of sp³-hybridized carbons (Fsp3) is 0.186. The van der Waals surface area contributed by atoms with Gasteiger partial charge in [-0.3, -0.25) is 9.97 Å². The molecule has 0 spiro atoms. The van der Waals surface area contributed by atoms with Crippen LogP contribution in [-0.4, -0.2) is 55.4 Å². The van der Waals surface area contributed by atoms with Crippen molar-refractivity contribution in [3.8, 4) is 17.6 Å². The number of aromatic nitrogens is 2. The van der Waals surface area contributed by atoms with Gasteiger partial charge in [-0.2, -0.15) is 5.26 Å². The first-order chi connectivity index (χ1) is 32.8. The molecule has 0 fully saturated rings. The van der Waals surface area contributed by atoms with Crippen molar-refractivity contribution in [1.29, 1.82) is 5.26 Å². The predicted molar refractivity (Wildman–Crippen MR) is 207 cm³/mol. The summed E-state index contributed by atoms with van der Waals surface area (Å²) in [6, 6.07) is 9.44. The minimum absolute atomic E-state index is 0. The Hall–Kier alpha value is -6.59. The van der Waals surface area contributed by atoms with Gasteiger partial charge in [0.05, 0.1) is 20.3 Å². The third kappa shape index (κ3) is 11.0. The molecule has 6 nitrogen and oxygen atoms in total. The number of ether oxygens (including phenoxy) is 2. The second kappa shape index (κ2) is 24.0. The van der Waals surface area contributed by atoms with E-state index in [1.54, 1.807) is 32.7 Å². The topological polar surface area (TPSA) is 71.3 Å². The second-order valence-corrected chi connectivity index (χ2v) is 14.2. The first kappa shape index (κ1) is 58.7. The third-order valence-corrected chi connectivity index (χ3v) is 10.3. The quantitative estimate of drug-likeness (QED) is 0.0530. The number of benzene rings is 4. The van der Waals surface area contributed by atoms with E-state index in [1.807, 2.05) is 24.3 Å². The maximum absolute atomic E-state index is 15.4. The molecule has 2 aromatic heterocycles. The van der Waals surface area contributed by atoms with Crippen LogP contribution < -0.4 is 31.3 Å². The Labute approximate surface area is 397 Å². The van der Waals surface area contributed by atoms with Crippen LogP contribution in [0.4, 0.5) is 87.8 Å². The van der Waals surface area contributed by atoms with Gasteiger partial charge in [0.15, 0.2) is 69.8 Å². The van der Waals surface area contributed by atoms with E-state index in [1.165, 1.54) is 6.92 Å². The molecule has 0 aliphatic rings. The monoisotopic (exact) mass is 1080 g/mol. The molecule has 0 saturated heterocycles. The summed E-state index contributed by atoms with van der Waals surface area (Å²) in [4.78, 5) is 11.0. The van der Waals surface area contributed by atoms with Gasteiger partial charge in [-0.25, -0.2) is 87.8 Å². The van der Waals surface area contributed by atoms with Crippen LogP contribution in [0.5, 0.6) is 11.5 Å². The van der Waals surface area contributed by atoms with E-state index in [-0.39, 0.29) is 17.1 Å². The van der Waals surface area contributed by atoms with E-state index in [4.69, 9.17) is 14.7 Å². The summed E-state index contributed by atoms with van der Waals surface area (Å²) in [6.07, 6.45) is -1.84. The van der Waals surface area contributed by atoms with Crippen molar-refractivity contribution >= 4 is 28.0 Å². The number of rotatable bonds is 12. The van der Waals surface area contributed by atoms with Crippen molar-refractivity contribution in [3.05, 3.63) is 164 Å². The minimum Gasteiger partial charge on any atom is -0.497 e. The van der Waals surface area contributed by atoms with Crippen molar-refractivity contribution < 1.29 is 114 Å². The Morgan fingerprint density at radius 2 is 0.634 bits per heavy atom. The average molecular weight is 1090 g/mol. The molecule has 0 atom stereocenters. The smallest absolute Gasteiger partial charge is 0.497 e. The summed E-state index contributed by atoms with van der Waals surface area (Å²) in [6.45, 7) is 3.33. The van der Waals surface area contributed by atoms with Gasteiger partial charge in [0.2, 0.25) is 0 Å². The molecule has 0 bridgehead atoms. The van der Waals surface area contributed by atoms with Gasteiger partial charge in [0, 0.05) is 68.8 Å². The maximum atomic E-state index is 15.4. The molecule has 383 valence electrons. The molecule has 71 heavy (non-hydrogen) atoms. The van der Waals surface area contributed by atoms with Gasteiger partial charge in [-0.05, 0) is 19.2 Å². The number of likely N-dealkylation sites (N-methyl/N-ethyl adjacent to an activating group) is 1. The van der Waals surface area contributed by atoms with Gasteiger partial charge in [0.1, 0.15) is 64.2 Å². The normalized spacial score (nSPS) is 11.0. The fourth-order valence-electron chi connectivity index (χ4n) is 7.04. The zero-order chi connectivity index (χ0) is 52.8. The summed E-state index contributed by atoms with van der Waals surface area (Å²) in [5.74, 6) is -69.7. The molecule has 6 rings (SSSR count). The van der Waals surface area contributed by atoms with Gasteiger partial charge < -0.3 is 14.4 Å². The Morgan fingerprint density at radius 1 is 0.437 bits per heavy atom. The molecule has 28 heteroatoms. The largest absolute Gasteiger partial charge is 2.00 e. The molecule has 2 heterocycles. The van der Waals surface area contributed by atoms with Crippen LogP contribution in [-0.2, 0) is 29.9 Å². The van der Waals surface area contributed by atoms with Crippen LogP contribution in [0.25, 0.3) is 0 Å². The molecular weight excluding hydrogens is 1060 g/mol. The third-order valence-electron chi connectivity index (χ3n) is 10.3. The van der Waals surface area contributed by atoms with E-state index < -0.39 is 144 Å². The van der Waals surface area contributed by atoms with Crippen LogP contribution in [0, 0.1) is 128 Å². The second-order valence-electron chi connectivity index (χ2n) is 14.2. The van der Waals surface area contributed by atoms with Crippen LogP contribution in [0.15, 0.2) is 36.7 Å². The molecule has 0 aliphatic heterocycles. The molecule has 4 aromatic carbocycles. The molecule has 0 amide bonds. The number of nitrogens with zero attached hydrogens (tertiary/aromatic N) is 4. The van der Waals surface area contributed by atoms with Gasteiger partial charge in [-0.15, -0.1) is 21.9 Å². The van der Waals surface area contributed by atoms with Crippen LogP contribution >= 0.6 is 0 Å². The SMILES string of the molecule is CC#N.COc1ccnc(CCN(C)CCc2cc(OC)ccn2)c1.Fc1c(F)c(F)c([B-](c2c(F)c(F)c(F)c(F)c2F)(c2c(F)c(F)c(F)c(F)c2F)c2c(F)c(F)c(F)c(F)c2F)c(F)c1F.[Cu+2]. The zero-order valence-corrected chi connectivity index (χ0v) is 36.8. The first-order valence-electron chi connectivity index (χ1n) is 19.0. The predicted octanol–water partition coefficient (Wildman–Crippen LogP) is 8.58. The van der Waals surface area contributed by atoms with Crippen molar-refractivity contribution in [2.75, 3.05) is 34.4 Å². The number of pyridine rings is 2. The first-order valence-corrected chi connectivity index (χ1v) is 19.0. The summed E-state index contributed by atoms with van der Waals surface area (Å²) in [5, 5.41) is 7.32. The number of halogens is 20. The maximum Gasteiger partial charge on any atom is 2.00 e. The molecule has 0 aliphatic carbocycles. The Kier molecular flexibility index (Phi) is 19.9. The van der Waals surface area contributed by atoms with Gasteiger partial charge in [0.25, 0.3) is 0 Å².